The average molecular weight is 323 g/mol. The van der Waals surface area contributed by atoms with E-state index in [4.69, 9.17) is 15.7 Å². The number of hydrogen-bond acceptors (Lipinski definition) is 3. The van der Waals surface area contributed by atoms with Gasteiger partial charge in [-0.05, 0) is 41.0 Å². The molecule has 0 radical (unpaired) electrons. The third-order valence-corrected chi connectivity index (χ3v) is 4.19. The molecular weight excluding hydrogens is 305 g/mol. The van der Waals surface area contributed by atoms with Crippen LogP contribution in [0.5, 0.6) is 5.75 Å². The van der Waals surface area contributed by atoms with Crippen LogP contribution in [0.4, 0.5) is 4.39 Å². The number of aryl methyl sites for hydroxylation is 1. The Hall–Kier alpha value is -2.84. The molecule has 0 amide bonds. The lowest BCUT2D eigenvalue weighted by Crippen LogP contribution is -2.20. The van der Waals surface area contributed by atoms with Gasteiger partial charge in [0.05, 0.1) is 24.7 Å². The molecule has 122 valence electrons. The van der Waals surface area contributed by atoms with Gasteiger partial charge in [-0.15, -0.1) is 0 Å². The average Bonchev–Trinajstić information content (AvgIpc) is 2.98. The summed E-state index contributed by atoms with van der Waals surface area (Å²) < 4.78 is 21.8. The summed E-state index contributed by atoms with van der Waals surface area (Å²) in [5.41, 5.74) is 8.71. The molecule has 3 aromatic rings. The van der Waals surface area contributed by atoms with Crippen LogP contribution in [0.15, 0.2) is 42.6 Å². The minimum Gasteiger partial charge on any atom is -0.495 e. The highest BCUT2D eigenvalue weighted by Crippen LogP contribution is 2.35. The Balaban J connectivity index is 2.09. The topological polar surface area (TPSA) is 64.0 Å². The zero-order valence-corrected chi connectivity index (χ0v) is 13.6. The summed E-state index contributed by atoms with van der Waals surface area (Å²) >= 11 is 0. The maximum absolute atomic E-state index is 14.4. The molecule has 4 nitrogen and oxygen atoms in total. The first-order valence-corrected chi connectivity index (χ1v) is 7.61. The fraction of sp³-hybridized carbons (Fsp3) is 0.211. The van der Waals surface area contributed by atoms with E-state index in [-0.39, 0.29) is 12.2 Å². The number of methoxy groups -OCH3 is 1. The SMILES string of the molecule is COc1ccc(-c2ccc(C[C@H](N)C#N)c(F)c2)c2ccn(C)c12. The van der Waals surface area contributed by atoms with Crippen LogP contribution in [0, 0.1) is 17.1 Å². The van der Waals surface area contributed by atoms with Crippen LogP contribution in [-0.2, 0) is 13.5 Å². The summed E-state index contributed by atoms with van der Waals surface area (Å²) in [6, 6.07) is 12.1. The van der Waals surface area contributed by atoms with Crippen molar-refractivity contribution < 1.29 is 9.13 Å². The van der Waals surface area contributed by atoms with Crippen LogP contribution in [0.2, 0.25) is 0 Å². The summed E-state index contributed by atoms with van der Waals surface area (Å²) in [7, 11) is 3.58. The van der Waals surface area contributed by atoms with Gasteiger partial charge in [-0.2, -0.15) is 5.26 Å². The monoisotopic (exact) mass is 323 g/mol. The predicted octanol–water partition coefficient (Wildman–Crippen LogP) is 3.39. The summed E-state index contributed by atoms with van der Waals surface area (Å²) in [6.07, 6.45) is 2.15. The Labute approximate surface area is 139 Å². The molecular formula is C19H18FN3O. The summed E-state index contributed by atoms with van der Waals surface area (Å²) in [4.78, 5) is 0. The van der Waals surface area contributed by atoms with Crippen molar-refractivity contribution in [3.8, 4) is 22.9 Å². The van der Waals surface area contributed by atoms with E-state index in [0.29, 0.717) is 5.56 Å². The van der Waals surface area contributed by atoms with Crippen LogP contribution < -0.4 is 10.5 Å². The molecule has 0 spiro atoms. The zero-order valence-electron chi connectivity index (χ0n) is 13.6. The first-order valence-electron chi connectivity index (χ1n) is 7.61. The predicted molar refractivity (Wildman–Crippen MR) is 92.2 cm³/mol. The Morgan fingerprint density at radius 2 is 2.08 bits per heavy atom. The first kappa shape index (κ1) is 16.0. The highest BCUT2D eigenvalue weighted by molar-refractivity contribution is 5.98. The van der Waals surface area contributed by atoms with E-state index in [2.05, 4.69) is 0 Å². The van der Waals surface area contributed by atoms with E-state index in [1.807, 2.05) is 48.1 Å². The van der Waals surface area contributed by atoms with Gasteiger partial charge in [0.25, 0.3) is 0 Å². The van der Waals surface area contributed by atoms with E-state index in [1.54, 1.807) is 13.2 Å². The normalized spacial score (nSPS) is 12.1. The molecule has 0 saturated carbocycles. The maximum atomic E-state index is 14.4. The minimum atomic E-state index is -0.702. The zero-order chi connectivity index (χ0) is 17.3. The second-order valence-corrected chi connectivity index (χ2v) is 5.75. The Kier molecular flexibility index (Phi) is 4.24. The number of aromatic nitrogens is 1. The highest BCUT2D eigenvalue weighted by atomic mass is 19.1. The lowest BCUT2D eigenvalue weighted by Gasteiger charge is -2.11. The molecule has 3 rings (SSSR count). The van der Waals surface area contributed by atoms with Gasteiger partial charge in [0.1, 0.15) is 11.6 Å². The number of nitrogens with two attached hydrogens (primary N) is 1. The third kappa shape index (κ3) is 2.72. The number of nitriles is 1. The Morgan fingerprint density at radius 3 is 2.75 bits per heavy atom. The number of nitrogens with zero attached hydrogens (tertiary/aromatic N) is 2. The quantitative estimate of drug-likeness (QED) is 0.800. The number of halogens is 1. The summed E-state index contributed by atoms with van der Waals surface area (Å²) in [6.45, 7) is 0. The standard InChI is InChI=1S/C19H18FN3O/c1-23-8-7-16-15(5-6-18(24-2)19(16)23)12-3-4-13(17(20)10-12)9-14(22)11-21/h3-8,10,14H,9,22H2,1-2H3/t14-/m0/s1. The molecule has 5 heteroatoms. The molecule has 0 aliphatic heterocycles. The number of benzene rings is 2. The van der Waals surface area contributed by atoms with Gasteiger partial charge in [0.15, 0.2) is 0 Å². The van der Waals surface area contributed by atoms with Gasteiger partial charge in [0, 0.05) is 25.1 Å². The lowest BCUT2D eigenvalue weighted by atomic mass is 9.98. The second-order valence-electron chi connectivity index (χ2n) is 5.75. The van der Waals surface area contributed by atoms with Crippen LogP contribution in [0.3, 0.4) is 0 Å². The van der Waals surface area contributed by atoms with E-state index >= 15 is 0 Å². The molecule has 1 atom stereocenters. The van der Waals surface area contributed by atoms with Crippen molar-refractivity contribution in [2.75, 3.05) is 7.11 Å². The smallest absolute Gasteiger partial charge is 0.143 e. The second kappa shape index (κ2) is 6.34. The van der Waals surface area contributed by atoms with Crippen molar-refractivity contribution in [2.24, 2.45) is 12.8 Å². The maximum Gasteiger partial charge on any atom is 0.143 e. The van der Waals surface area contributed by atoms with Crippen molar-refractivity contribution in [2.45, 2.75) is 12.5 Å². The summed E-state index contributed by atoms with van der Waals surface area (Å²) in [5, 5.41) is 9.78. The van der Waals surface area contributed by atoms with E-state index in [9.17, 15) is 4.39 Å². The van der Waals surface area contributed by atoms with Crippen LogP contribution >= 0.6 is 0 Å². The molecule has 2 aromatic carbocycles. The number of fused-ring (bicyclic) bond motifs is 1. The van der Waals surface area contributed by atoms with Crippen molar-refractivity contribution in [1.82, 2.24) is 4.57 Å². The fourth-order valence-electron chi connectivity index (χ4n) is 2.96. The summed E-state index contributed by atoms with van der Waals surface area (Å²) in [5.74, 6) is 0.427. The molecule has 0 fully saturated rings. The molecule has 24 heavy (non-hydrogen) atoms. The van der Waals surface area contributed by atoms with Crippen LogP contribution in [0.25, 0.3) is 22.0 Å². The van der Waals surface area contributed by atoms with E-state index in [1.165, 1.54) is 6.07 Å². The third-order valence-electron chi connectivity index (χ3n) is 4.19. The number of ether oxygens (including phenoxy) is 1. The molecule has 2 N–H and O–H groups in total. The van der Waals surface area contributed by atoms with E-state index in [0.717, 1.165) is 27.8 Å². The number of rotatable bonds is 4. The molecule has 1 heterocycles. The lowest BCUT2D eigenvalue weighted by molar-refractivity contribution is 0.418. The highest BCUT2D eigenvalue weighted by Gasteiger charge is 2.14. The fourth-order valence-corrected chi connectivity index (χ4v) is 2.96. The van der Waals surface area contributed by atoms with Crippen molar-refractivity contribution in [3.05, 3.63) is 54.0 Å². The molecule has 0 aliphatic carbocycles. The van der Waals surface area contributed by atoms with E-state index < -0.39 is 6.04 Å². The molecule has 0 bridgehead atoms. The first-order chi connectivity index (χ1) is 11.5. The van der Waals surface area contributed by atoms with Crippen molar-refractivity contribution in [3.63, 3.8) is 0 Å². The van der Waals surface area contributed by atoms with Gasteiger partial charge in [-0.25, -0.2) is 4.39 Å². The Morgan fingerprint density at radius 1 is 1.29 bits per heavy atom. The van der Waals surface area contributed by atoms with Gasteiger partial charge in [0.2, 0.25) is 0 Å². The Bertz CT molecular complexity index is 940. The largest absolute Gasteiger partial charge is 0.495 e. The van der Waals surface area contributed by atoms with Crippen molar-refractivity contribution in [1.29, 1.82) is 5.26 Å². The minimum absolute atomic E-state index is 0.200. The molecule has 1 aromatic heterocycles. The molecule has 0 saturated heterocycles. The van der Waals surface area contributed by atoms with Crippen LogP contribution in [0.1, 0.15) is 5.56 Å². The number of hydrogen-bond donors (Lipinski definition) is 1. The molecule has 0 aliphatic rings. The van der Waals surface area contributed by atoms with Crippen molar-refractivity contribution >= 4 is 10.9 Å². The van der Waals surface area contributed by atoms with Gasteiger partial charge < -0.3 is 15.0 Å². The molecule has 0 unspecified atom stereocenters. The van der Waals surface area contributed by atoms with Crippen LogP contribution in [-0.4, -0.2) is 17.7 Å². The van der Waals surface area contributed by atoms with Gasteiger partial charge >= 0.3 is 0 Å². The van der Waals surface area contributed by atoms with Gasteiger partial charge in [-0.1, -0.05) is 12.1 Å². The van der Waals surface area contributed by atoms with Gasteiger partial charge in [-0.3, -0.25) is 0 Å².